The Hall–Kier alpha value is -5.43. The first-order chi connectivity index (χ1) is 36.1. The Morgan fingerprint density at radius 1 is 0.440 bits per heavy atom. The van der Waals surface area contributed by atoms with Gasteiger partial charge in [0.2, 0.25) is 11.8 Å². The van der Waals surface area contributed by atoms with Crippen LogP contribution >= 0.6 is 0 Å². The molecule has 6 aromatic rings. The molecule has 0 aliphatic carbocycles. The molecular weight excluding hydrogens is 957 g/mol. The van der Waals surface area contributed by atoms with E-state index >= 15 is 0 Å². The van der Waals surface area contributed by atoms with E-state index in [0.717, 1.165) is 107 Å². The van der Waals surface area contributed by atoms with Gasteiger partial charge in [-0.3, -0.25) is 9.59 Å². The number of benzene rings is 6. The summed E-state index contributed by atoms with van der Waals surface area (Å²) in [6, 6.07) is 57.1. The molecular formula is C66H88N2O5Si2. The van der Waals surface area contributed by atoms with E-state index in [4.69, 9.17) is 4.12 Å². The van der Waals surface area contributed by atoms with Crippen molar-refractivity contribution in [2.45, 2.75) is 180 Å². The number of unbranched alkanes of at least 4 members (excludes halogenated alkanes) is 8. The Kier molecular flexibility index (Phi) is 22.0. The summed E-state index contributed by atoms with van der Waals surface area (Å²) in [4.78, 5) is 27.5. The summed E-state index contributed by atoms with van der Waals surface area (Å²) in [5, 5.41) is 35.4. The molecule has 75 heavy (non-hydrogen) atoms. The largest absolute Gasteiger partial charge is 0.441 e. The molecule has 4 N–H and O–H groups in total. The second-order valence-corrected chi connectivity index (χ2v) is 31.6. The van der Waals surface area contributed by atoms with Gasteiger partial charge in [0.1, 0.15) is 0 Å². The Bertz CT molecular complexity index is 2460. The fourth-order valence-electron chi connectivity index (χ4n) is 11.3. The average molecular weight is 1050 g/mol. The zero-order chi connectivity index (χ0) is 53.9. The van der Waals surface area contributed by atoms with Gasteiger partial charge >= 0.3 is 0 Å². The quantitative estimate of drug-likeness (QED) is 0.0289. The molecule has 6 aromatic carbocycles. The van der Waals surface area contributed by atoms with Crippen LogP contribution in [0, 0.1) is 0 Å². The van der Waals surface area contributed by atoms with E-state index in [1.165, 1.54) is 0 Å². The zero-order valence-electron chi connectivity index (χ0n) is 46.5. The van der Waals surface area contributed by atoms with Crippen molar-refractivity contribution in [3.05, 3.63) is 192 Å². The van der Waals surface area contributed by atoms with Gasteiger partial charge in [0, 0.05) is 25.7 Å². The van der Waals surface area contributed by atoms with Crippen LogP contribution in [0.1, 0.15) is 167 Å². The van der Waals surface area contributed by atoms with Crippen molar-refractivity contribution >= 4 is 49.2 Å². The Morgan fingerprint density at radius 3 is 1.08 bits per heavy atom. The molecule has 0 aliphatic rings. The molecule has 0 aliphatic heterocycles. The maximum absolute atomic E-state index is 13.7. The lowest BCUT2D eigenvalue weighted by atomic mass is 9.95. The lowest BCUT2D eigenvalue weighted by Gasteiger charge is -2.54. The fourth-order valence-corrected chi connectivity index (χ4v) is 24.6. The van der Waals surface area contributed by atoms with Crippen molar-refractivity contribution in [1.29, 1.82) is 0 Å². The van der Waals surface area contributed by atoms with E-state index in [2.05, 4.69) is 175 Å². The maximum atomic E-state index is 13.7. The third-order valence-corrected chi connectivity index (χ3v) is 26.6. The van der Waals surface area contributed by atoms with Crippen molar-refractivity contribution in [3.63, 3.8) is 0 Å². The van der Waals surface area contributed by atoms with Gasteiger partial charge in [-0.25, -0.2) is 0 Å². The number of carbonyl (C=O) groups is 2. The second kappa shape index (κ2) is 28.1. The molecule has 0 heterocycles. The van der Waals surface area contributed by atoms with Crippen molar-refractivity contribution < 1.29 is 23.9 Å². The van der Waals surface area contributed by atoms with E-state index in [1.54, 1.807) is 0 Å². The lowest BCUT2D eigenvalue weighted by Crippen LogP contribution is -2.79. The molecule has 0 radical (unpaired) electrons. The molecule has 6 atom stereocenters. The van der Waals surface area contributed by atoms with Gasteiger partial charge in [0.05, 0.1) is 24.3 Å². The van der Waals surface area contributed by atoms with E-state index < -0.39 is 51.0 Å². The Morgan fingerprint density at radius 2 is 0.747 bits per heavy atom. The monoisotopic (exact) mass is 1040 g/mol. The number of aliphatic hydroxyl groups is 2. The van der Waals surface area contributed by atoms with Gasteiger partial charge in [-0.05, 0) is 65.9 Å². The minimum Gasteiger partial charge on any atom is -0.441 e. The highest BCUT2D eigenvalue weighted by atomic mass is 28.4. The van der Waals surface area contributed by atoms with Gasteiger partial charge in [-0.1, -0.05) is 277 Å². The lowest BCUT2D eigenvalue weighted by molar-refractivity contribution is -0.123. The molecule has 2 amide bonds. The molecule has 400 valence electrons. The summed E-state index contributed by atoms with van der Waals surface area (Å²) < 4.78 is 8.88. The average Bonchev–Trinajstić information content (AvgIpc) is 3.46. The number of rotatable bonds is 28. The van der Waals surface area contributed by atoms with Gasteiger partial charge in [0.15, 0.2) is 0 Å². The van der Waals surface area contributed by atoms with Crippen molar-refractivity contribution in [2.75, 3.05) is 0 Å². The van der Waals surface area contributed by atoms with Crippen molar-refractivity contribution in [2.24, 2.45) is 0 Å². The van der Waals surface area contributed by atoms with Crippen LogP contribution in [0.25, 0.3) is 0 Å². The minimum absolute atomic E-state index is 0.0541. The summed E-state index contributed by atoms with van der Waals surface area (Å²) in [6.45, 7) is 18.3. The number of aliphatic hydroxyl groups excluding tert-OH is 2. The minimum atomic E-state index is -3.58. The predicted molar refractivity (Wildman–Crippen MR) is 317 cm³/mol. The highest BCUT2D eigenvalue weighted by Gasteiger charge is 2.61. The molecule has 0 saturated heterocycles. The predicted octanol–water partition coefficient (Wildman–Crippen LogP) is 12.4. The van der Waals surface area contributed by atoms with Crippen LogP contribution in [0.4, 0.5) is 0 Å². The van der Waals surface area contributed by atoms with Gasteiger partial charge < -0.3 is 25.0 Å². The molecule has 6 rings (SSSR count). The standard InChI is InChI=1S/C66H88N2O5Si2/c1-9-11-13-15-29-47-61(71)67-63(51-35-21-17-22-36-51)57(69)49-53-39-31-33-45-59(53)74(65(3,4)5,55-41-25-19-26-42-55)73-75(66(6,7)8,56-43-27-20-28-44-56)60-46-34-32-40-54(60)50-58(70)64(52-37-23-18-24-38-52)68-62(72)48-30-16-14-12-10-2/h17-28,31-46,57-58,63-64,69-70H,9-16,29-30,47-50H2,1-8H3,(H,67,71)(H,68,72)/t57-,58-,63-,64-,74?,75?/m1/s1. The van der Waals surface area contributed by atoms with Crippen LogP contribution in [-0.2, 0) is 26.5 Å². The topological polar surface area (TPSA) is 108 Å². The smallest absolute Gasteiger partial charge is 0.251 e. The van der Waals surface area contributed by atoms with Crippen LogP contribution in [0.3, 0.4) is 0 Å². The Balaban J connectivity index is 1.51. The van der Waals surface area contributed by atoms with Gasteiger partial charge in [0.25, 0.3) is 16.6 Å². The Labute approximate surface area is 453 Å². The molecule has 0 spiro atoms. The third-order valence-electron chi connectivity index (χ3n) is 15.2. The van der Waals surface area contributed by atoms with Crippen LogP contribution in [-0.4, -0.2) is 50.9 Å². The van der Waals surface area contributed by atoms with E-state index in [0.29, 0.717) is 12.8 Å². The summed E-state index contributed by atoms with van der Waals surface area (Å²) in [5.74, 6) is -0.108. The van der Waals surface area contributed by atoms with Crippen molar-refractivity contribution in [3.8, 4) is 0 Å². The molecule has 0 saturated carbocycles. The highest BCUT2D eigenvalue weighted by Crippen LogP contribution is 2.46. The van der Waals surface area contributed by atoms with Crippen LogP contribution < -0.4 is 31.4 Å². The first kappa shape index (κ1) is 58.8. The molecule has 9 heteroatoms. The van der Waals surface area contributed by atoms with E-state index in [1.807, 2.05) is 60.7 Å². The molecule has 2 unspecified atom stereocenters. The van der Waals surface area contributed by atoms with E-state index in [9.17, 15) is 19.8 Å². The number of hydrogen-bond acceptors (Lipinski definition) is 5. The fraction of sp³-hybridized carbons (Fsp3) is 0.424. The van der Waals surface area contributed by atoms with E-state index in [-0.39, 0.29) is 24.7 Å². The molecule has 7 nitrogen and oxygen atoms in total. The molecule has 0 fully saturated rings. The second-order valence-electron chi connectivity index (χ2n) is 22.8. The van der Waals surface area contributed by atoms with Crippen LogP contribution in [0.15, 0.2) is 170 Å². The third kappa shape index (κ3) is 15.0. The molecule has 0 aromatic heterocycles. The van der Waals surface area contributed by atoms with Crippen LogP contribution in [0.2, 0.25) is 10.1 Å². The number of amides is 2. The summed E-state index contributed by atoms with van der Waals surface area (Å²) >= 11 is 0. The van der Waals surface area contributed by atoms with Crippen LogP contribution in [0.5, 0.6) is 0 Å². The SMILES string of the molecule is CCCCCCCC(=O)N[C@H](c1ccccc1)[C@H](O)Cc1ccccc1[Si](O[Si](c1ccccc1)(c1ccccc1C[C@@H](O)[C@H](NC(=O)CCCCCCC)c1ccccc1)C(C)(C)C)(c1ccccc1)C(C)(C)C. The number of nitrogens with one attached hydrogen (secondary N) is 2. The summed E-state index contributed by atoms with van der Waals surface area (Å²) in [7, 11) is -7.17. The highest BCUT2D eigenvalue weighted by molar-refractivity contribution is 7.11. The first-order valence-electron chi connectivity index (χ1n) is 28.1. The molecule has 0 bridgehead atoms. The van der Waals surface area contributed by atoms with Gasteiger partial charge in [-0.2, -0.15) is 0 Å². The zero-order valence-corrected chi connectivity index (χ0v) is 48.5. The van der Waals surface area contributed by atoms with Gasteiger partial charge in [-0.15, -0.1) is 0 Å². The summed E-state index contributed by atoms with van der Waals surface area (Å²) in [6.07, 6.45) is 9.92. The normalized spacial score (nSPS) is 15.2. The maximum Gasteiger partial charge on any atom is 0.251 e. The summed E-state index contributed by atoms with van der Waals surface area (Å²) in [5.41, 5.74) is 3.68. The number of hydrogen-bond donors (Lipinski definition) is 4. The first-order valence-corrected chi connectivity index (χ1v) is 31.9. The number of carbonyl (C=O) groups excluding carboxylic acids is 2. The van der Waals surface area contributed by atoms with Crippen molar-refractivity contribution in [1.82, 2.24) is 10.6 Å².